The van der Waals surface area contributed by atoms with Crippen molar-refractivity contribution in [1.29, 1.82) is 0 Å². The first-order valence-electron chi connectivity index (χ1n) is 10.1. The van der Waals surface area contributed by atoms with E-state index in [1.165, 1.54) is 6.42 Å². The van der Waals surface area contributed by atoms with Gasteiger partial charge in [0.2, 0.25) is 0 Å². The normalized spacial score (nSPS) is 25.1. The zero-order chi connectivity index (χ0) is 19.2. The largest absolute Gasteiger partial charge is 0.376 e. The lowest BCUT2D eigenvalue weighted by molar-refractivity contribution is -0.312. The number of ether oxygens (including phenoxy) is 2. The number of hydrogen-bond donors (Lipinski definition) is 0. The minimum atomic E-state index is -0.0957. The van der Waals surface area contributed by atoms with Crippen LogP contribution in [0.4, 0.5) is 0 Å². The van der Waals surface area contributed by atoms with Gasteiger partial charge in [0.15, 0.2) is 0 Å². The second-order valence-corrected chi connectivity index (χ2v) is 8.27. The molecule has 2 unspecified atom stereocenters. The van der Waals surface area contributed by atoms with Crippen molar-refractivity contribution in [2.75, 3.05) is 19.8 Å². The highest BCUT2D eigenvalue weighted by Gasteiger charge is 2.43. The molecule has 4 heteroatoms. The summed E-state index contributed by atoms with van der Waals surface area (Å²) in [4.78, 5) is 6.58. The van der Waals surface area contributed by atoms with Crippen LogP contribution in [0.1, 0.15) is 72.5 Å². The van der Waals surface area contributed by atoms with Crippen LogP contribution in [0.25, 0.3) is 0 Å². The molecule has 0 radical (unpaired) electrons. The van der Waals surface area contributed by atoms with Crippen LogP contribution in [0, 0.1) is 0 Å². The van der Waals surface area contributed by atoms with Gasteiger partial charge in [-0.05, 0) is 52.5 Å². The molecule has 0 saturated carbocycles. The SMILES string of the molecule is CC.CC1(C)CCCC(C)(C)N1OC(COCC1CO1)c1ccccc1. The Morgan fingerprint density at radius 1 is 1.08 bits per heavy atom. The van der Waals surface area contributed by atoms with Gasteiger partial charge >= 0.3 is 0 Å². The fourth-order valence-corrected chi connectivity index (χ4v) is 3.71. The standard InChI is InChI=1S/C20H31NO3.C2H6/c1-19(2)11-8-12-20(3,4)21(19)24-18(15-22-13-17-14-23-17)16-9-6-5-7-10-16;1-2/h5-7,9-10,17-18H,8,11-15H2,1-4H3;1-2H3. The van der Waals surface area contributed by atoms with Crippen LogP contribution < -0.4 is 0 Å². The zero-order valence-corrected chi connectivity index (χ0v) is 17.5. The molecule has 3 rings (SSSR count). The van der Waals surface area contributed by atoms with E-state index in [0.717, 1.165) is 25.0 Å². The quantitative estimate of drug-likeness (QED) is 0.628. The molecule has 2 aliphatic heterocycles. The Hall–Kier alpha value is -0.940. The number of benzene rings is 1. The average Bonchev–Trinajstić information content (AvgIpc) is 3.43. The smallest absolute Gasteiger partial charge is 0.128 e. The maximum absolute atomic E-state index is 6.58. The van der Waals surface area contributed by atoms with E-state index in [4.69, 9.17) is 14.3 Å². The summed E-state index contributed by atoms with van der Waals surface area (Å²) in [5.74, 6) is 0. The van der Waals surface area contributed by atoms with Gasteiger partial charge in [-0.2, -0.15) is 5.06 Å². The van der Waals surface area contributed by atoms with E-state index in [0.29, 0.717) is 13.2 Å². The van der Waals surface area contributed by atoms with Crippen LogP contribution in [-0.2, 0) is 14.3 Å². The lowest BCUT2D eigenvalue weighted by Gasteiger charge is -2.52. The van der Waals surface area contributed by atoms with Crippen molar-refractivity contribution in [2.24, 2.45) is 0 Å². The summed E-state index contributed by atoms with van der Waals surface area (Å²) in [5, 5.41) is 2.22. The molecule has 2 atom stereocenters. The zero-order valence-electron chi connectivity index (χ0n) is 17.5. The minimum Gasteiger partial charge on any atom is -0.376 e. The molecule has 2 saturated heterocycles. The van der Waals surface area contributed by atoms with E-state index in [1.807, 2.05) is 19.9 Å². The average molecular weight is 364 g/mol. The van der Waals surface area contributed by atoms with Crippen LogP contribution >= 0.6 is 0 Å². The van der Waals surface area contributed by atoms with E-state index >= 15 is 0 Å². The van der Waals surface area contributed by atoms with Crippen molar-refractivity contribution in [2.45, 2.75) is 84.1 Å². The summed E-state index contributed by atoms with van der Waals surface area (Å²) in [6, 6.07) is 10.4. The third-order valence-corrected chi connectivity index (χ3v) is 5.06. The van der Waals surface area contributed by atoms with E-state index in [1.54, 1.807) is 0 Å². The molecule has 1 aromatic rings. The fourth-order valence-electron chi connectivity index (χ4n) is 3.71. The topological polar surface area (TPSA) is 34.2 Å². The number of piperidine rings is 1. The molecule has 0 aliphatic carbocycles. The Morgan fingerprint density at radius 3 is 2.19 bits per heavy atom. The van der Waals surface area contributed by atoms with Crippen LogP contribution in [0.2, 0.25) is 0 Å². The second kappa shape index (κ2) is 9.32. The molecular weight excluding hydrogens is 326 g/mol. The lowest BCUT2D eigenvalue weighted by Crippen LogP contribution is -2.58. The highest BCUT2D eigenvalue weighted by atomic mass is 16.7. The van der Waals surface area contributed by atoms with Crippen molar-refractivity contribution >= 4 is 0 Å². The van der Waals surface area contributed by atoms with E-state index in [9.17, 15) is 0 Å². The molecule has 0 aromatic heterocycles. The van der Waals surface area contributed by atoms with Gasteiger partial charge in [-0.3, -0.25) is 4.84 Å². The summed E-state index contributed by atoms with van der Waals surface area (Å²) >= 11 is 0. The maximum Gasteiger partial charge on any atom is 0.128 e. The van der Waals surface area contributed by atoms with Gasteiger partial charge in [-0.25, -0.2) is 0 Å². The van der Waals surface area contributed by atoms with Crippen molar-refractivity contribution in [3.63, 3.8) is 0 Å². The molecule has 2 aliphatic rings. The highest BCUT2D eigenvalue weighted by molar-refractivity contribution is 5.17. The summed E-state index contributed by atoms with van der Waals surface area (Å²) in [6.45, 7) is 15.1. The highest BCUT2D eigenvalue weighted by Crippen LogP contribution is 2.40. The van der Waals surface area contributed by atoms with Gasteiger partial charge in [0.1, 0.15) is 12.2 Å². The van der Waals surface area contributed by atoms with Gasteiger partial charge in [0.25, 0.3) is 0 Å². The molecule has 0 spiro atoms. The van der Waals surface area contributed by atoms with Gasteiger partial charge < -0.3 is 9.47 Å². The third kappa shape index (κ3) is 5.78. The Bertz CT molecular complexity index is 509. The van der Waals surface area contributed by atoms with Gasteiger partial charge in [0, 0.05) is 11.1 Å². The molecule has 0 bridgehead atoms. The first kappa shape index (κ1) is 21.4. The molecule has 2 heterocycles. The van der Waals surface area contributed by atoms with E-state index < -0.39 is 0 Å². The van der Waals surface area contributed by atoms with Gasteiger partial charge in [0.05, 0.1) is 19.8 Å². The molecule has 0 amide bonds. The molecule has 26 heavy (non-hydrogen) atoms. The summed E-state index contributed by atoms with van der Waals surface area (Å²) in [7, 11) is 0. The number of hydroxylamine groups is 2. The molecule has 2 fully saturated rings. The van der Waals surface area contributed by atoms with E-state index in [-0.39, 0.29) is 23.3 Å². The number of rotatable bonds is 7. The van der Waals surface area contributed by atoms with Crippen LogP contribution in [-0.4, -0.2) is 42.1 Å². The maximum atomic E-state index is 6.58. The Balaban J connectivity index is 0.00000117. The molecule has 148 valence electrons. The van der Waals surface area contributed by atoms with Crippen molar-refractivity contribution in [3.8, 4) is 0 Å². The number of nitrogens with zero attached hydrogens (tertiary/aromatic N) is 1. The molecular formula is C22H37NO3. The van der Waals surface area contributed by atoms with E-state index in [2.05, 4.69) is 57.0 Å². The van der Waals surface area contributed by atoms with Crippen molar-refractivity contribution in [1.82, 2.24) is 5.06 Å². The first-order chi connectivity index (χ1) is 12.4. The second-order valence-electron chi connectivity index (χ2n) is 8.27. The number of hydrogen-bond acceptors (Lipinski definition) is 4. The molecule has 4 nitrogen and oxygen atoms in total. The van der Waals surface area contributed by atoms with Crippen LogP contribution in [0.5, 0.6) is 0 Å². The summed E-state index contributed by atoms with van der Waals surface area (Å²) in [6.07, 6.45) is 3.72. The number of epoxide rings is 1. The molecule has 1 aromatic carbocycles. The van der Waals surface area contributed by atoms with Gasteiger partial charge in [-0.1, -0.05) is 44.2 Å². The first-order valence-corrected chi connectivity index (χ1v) is 10.1. The van der Waals surface area contributed by atoms with Gasteiger partial charge in [-0.15, -0.1) is 0 Å². The fraction of sp³-hybridized carbons (Fsp3) is 0.727. The Labute approximate surface area is 159 Å². The van der Waals surface area contributed by atoms with Crippen molar-refractivity contribution in [3.05, 3.63) is 35.9 Å². The molecule has 0 N–H and O–H groups in total. The predicted octanol–water partition coefficient (Wildman–Crippen LogP) is 5.14. The monoisotopic (exact) mass is 363 g/mol. The summed E-state index contributed by atoms with van der Waals surface area (Å²) in [5.41, 5.74) is 1.20. The summed E-state index contributed by atoms with van der Waals surface area (Å²) < 4.78 is 11.1. The van der Waals surface area contributed by atoms with Crippen LogP contribution in [0.15, 0.2) is 30.3 Å². The Morgan fingerprint density at radius 2 is 1.65 bits per heavy atom. The lowest BCUT2D eigenvalue weighted by atomic mass is 9.82. The minimum absolute atomic E-state index is 0.0222. The Kier molecular flexibility index (Phi) is 7.65. The van der Waals surface area contributed by atoms with Crippen molar-refractivity contribution < 1.29 is 14.3 Å². The predicted molar refractivity (Wildman–Crippen MR) is 106 cm³/mol. The third-order valence-electron chi connectivity index (χ3n) is 5.06. The van der Waals surface area contributed by atoms with Crippen LogP contribution in [0.3, 0.4) is 0 Å².